The molecule has 2 atom stereocenters. The molecule has 1 aromatic heterocycles. The Morgan fingerprint density at radius 2 is 2.09 bits per heavy atom. The van der Waals surface area contributed by atoms with Gasteiger partial charge in [-0.1, -0.05) is 31.9 Å². The SMILES string of the molecule is C[C@H]1CCCC[C@@H]1NC(=O)COc1ncnc2ccccc12. The second-order valence-electron chi connectivity index (χ2n) is 5.92. The summed E-state index contributed by atoms with van der Waals surface area (Å²) in [7, 11) is 0. The fraction of sp³-hybridized carbons (Fsp3) is 0.471. The van der Waals surface area contributed by atoms with Crippen LogP contribution in [-0.4, -0.2) is 28.5 Å². The largest absolute Gasteiger partial charge is 0.467 e. The van der Waals surface area contributed by atoms with Crippen LogP contribution in [0.5, 0.6) is 5.88 Å². The summed E-state index contributed by atoms with van der Waals surface area (Å²) >= 11 is 0. The van der Waals surface area contributed by atoms with E-state index in [1.165, 1.54) is 25.6 Å². The van der Waals surface area contributed by atoms with Crippen molar-refractivity contribution >= 4 is 16.8 Å². The average Bonchev–Trinajstić information content (AvgIpc) is 2.55. The molecule has 1 amide bonds. The molecule has 0 aliphatic heterocycles. The minimum Gasteiger partial charge on any atom is -0.467 e. The van der Waals surface area contributed by atoms with Crippen LogP contribution < -0.4 is 10.1 Å². The number of rotatable bonds is 4. The molecule has 1 heterocycles. The van der Waals surface area contributed by atoms with Gasteiger partial charge in [0.15, 0.2) is 6.61 Å². The number of nitrogens with zero attached hydrogens (tertiary/aromatic N) is 2. The van der Waals surface area contributed by atoms with Crippen LogP contribution in [0.3, 0.4) is 0 Å². The smallest absolute Gasteiger partial charge is 0.258 e. The van der Waals surface area contributed by atoms with Crippen LogP contribution >= 0.6 is 0 Å². The number of hydrogen-bond donors (Lipinski definition) is 1. The highest BCUT2D eigenvalue weighted by atomic mass is 16.5. The first-order valence-corrected chi connectivity index (χ1v) is 7.86. The first-order chi connectivity index (χ1) is 10.7. The summed E-state index contributed by atoms with van der Waals surface area (Å²) in [5.41, 5.74) is 0.814. The molecule has 5 nitrogen and oxygen atoms in total. The van der Waals surface area contributed by atoms with Crippen molar-refractivity contribution in [3.63, 3.8) is 0 Å². The van der Waals surface area contributed by atoms with E-state index in [4.69, 9.17) is 4.74 Å². The molecule has 0 spiro atoms. The molecule has 2 aromatic rings. The zero-order valence-corrected chi connectivity index (χ0v) is 12.8. The summed E-state index contributed by atoms with van der Waals surface area (Å²) in [6.07, 6.45) is 6.15. The van der Waals surface area contributed by atoms with Crippen molar-refractivity contribution in [2.45, 2.75) is 38.6 Å². The average molecular weight is 299 g/mol. The van der Waals surface area contributed by atoms with Crippen LogP contribution in [0.15, 0.2) is 30.6 Å². The predicted octanol–water partition coefficient (Wildman–Crippen LogP) is 2.70. The molecule has 22 heavy (non-hydrogen) atoms. The minimum atomic E-state index is -0.0820. The number of para-hydroxylation sites is 1. The number of ether oxygens (including phenoxy) is 1. The Bertz CT molecular complexity index is 654. The quantitative estimate of drug-likeness (QED) is 0.942. The van der Waals surface area contributed by atoms with Gasteiger partial charge in [-0.05, 0) is 30.9 Å². The molecule has 1 N–H and O–H groups in total. The zero-order chi connectivity index (χ0) is 15.4. The van der Waals surface area contributed by atoms with Crippen molar-refractivity contribution in [1.29, 1.82) is 0 Å². The van der Waals surface area contributed by atoms with Crippen LogP contribution in [0, 0.1) is 5.92 Å². The van der Waals surface area contributed by atoms with E-state index in [0.29, 0.717) is 11.8 Å². The first-order valence-electron chi connectivity index (χ1n) is 7.86. The van der Waals surface area contributed by atoms with Crippen molar-refractivity contribution in [2.24, 2.45) is 5.92 Å². The Morgan fingerprint density at radius 3 is 2.95 bits per heavy atom. The molecule has 1 saturated carbocycles. The molecule has 5 heteroatoms. The van der Waals surface area contributed by atoms with Gasteiger partial charge >= 0.3 is 0 Å². The van der Waals surface area contributed by atoms with Gasteiger partial charge in [-0.15, -0.1) is 0 Å². The second-order valence-corrected chi connectivity index (χ2v) is 5.92. The van der Waals surface area contributed by atoms with Crippen LogP contribution in [0.25, 0.3) is 10.9 Å². The standard InChI is InChI=1S/C17H21N3O2/c1-12-6-2-4-8-14(12)20-16(21)10-22-17-13-7-3-5-9-15(13)18-11-19-17/h3,5,7,9,11-12,14H,2,4,6,8,10H2,1H3,(H,20,21)/t12-,14-/m0/s1. The highest BCUT2D eigenvalue weighted by molar-refractivity contribution is 5.84. The number of amides is 1. The van der Waals surface area contributed by atoms with Crippen molar-refractivity contribution in [3.05, 3.63) is 30.6 Å². The summed E-state index contributed by atoms with van der Waals surface area (Å²) in [6.45, 7) is 2.19. The van der Waals surface area contributed by atoms with Gasteiger partial charge in [0.05, 0.1) is 10.9 Å². The highest BCUT2D eigenvalue weighted by Crippen LogP contribution is 2.24. The van der Waals surface area contributed by atoms with E-state index in [0.717, 1.165) is 17.3 Å². The van der Waals surface area contributed by atoms with Crippen molar-refractivity contribution in [2.75, 3.05) is 6.61 Å². The minimum absolute atomic E-state index is 0.00969. The van der Waals surface area contributed by atoms with Crippen molar-refractivity contribution in [3.8, 4) is 5.88 Å². The third-order valence-electron chi connectivity index (χ3n) is 4.30. The van der Waals surface area contributed by atoms with Gasteiger partial charge in [-0.25, -0.2) is 9.97 Å². The first kappa shape index (κ1) is 14.8. The maximum absolute atomic E-state index is 12.1. The topological polar surface area (TPSA) is 64.1 Å². The Balaban J connectivity index is 1.60. The number of carbonyl (C=O) groups excluding carboxylic acids is 1. The van der Waals surface area contributed by atoms with Gasteiger partial charge in [0.2, 0.25) is 5.88 Å². The summed E-state index contributed by atoms with van der Waals surface area (Å²) < 4.78 is 5.59. The monoisotopic (exact) mass is 299 g/mol. The van der Waals surface area contributed by atoms with E-state index in [2.05, 4.69) is 22.2 Å². The molecule has 116 valence electrons. The number of hydrogen-bond acceptors (Lipinski definition) is 4. The van der Waals surface area contributed by atoms with E-state index in [1.54, 1.807) is 0 Å². The molecule has 1 fully saturated rings. The van der Waals surface area contributed by atoms with Crippen LogP contribution in [0.1, 0.15) is 32.6 Å². The van der Waals surface area contributed by atoms with E-state index in [1.807, 2.05) is 24.3 Å². The second kappa shape index (κ2) is 6.73. The van der Waals surface area contributed by atoms with E-state index >= 15 is 0 Å². The van der Waals surface area contributed by atoms with Gasteiger partial charge in [-0.2, -0.15) is 0 Å². The maximum Gasteiger partial charge on any atom is 0.258 e. The summed E-state index contributed by atoms with van der Waals surface area (Å²) in [4.78, 5) is 20.4. The molecular formula is C17H21N3O2. The van der Waals surface area contributed by atoms with Gasteiger partial charge in [0.25, 0.3) is 5.91 Å². The molecule has 1 aromatic carbocycles. The maximum atomic E-state index is 12.1. The molecule has 0 radical (unpaired) electrons. The lowest BCUT2D eigenvalue weighted by molar-refractivity contribution is -0.124. The summed E-state index contributed by atoms with van der Waals surface area (Å²) in [6, 6.07) is 7.88. The number of fused-ring (bicyclic) bond motifs is 1. The Hall–Kier alpha value is -2.17. The number of nitrogens with one attached hydrogen (secondary N) is 1. The summed E-state index contributed by atoms with van der Waals surface area (Å²) in [5.74, 6) is 0.913. The Labute approximate surface area is 130 Å². The lowest BCUT2D eigenvalue weighted by Crippen LogP contribution is -2.43. The molecular weight excluding hydrogens is 278 g/mol. The van der Waals surface area contributed by atoms with Crippen LogP contribution in [-0.2, 0) is 4.79 Å². The molecule has 3 rings (SSSR count). The van der Waals surface area contributed by atoms with Gasteiger partial charge in [-0.3, -0.25) is 4.79 Å². The van der Waals surface area contributed by atoms with Gasteiger partial charge in [0, 0.05) is 6.04 Å². The molecule has 1 aliphatic carbocycles. The molecule has 0 saturated heterocycles. The van der Waals surface area contributed by atoms with E-state index < -0.39 is 0 Å². The summed E-state index contributed by atoms with van der Waals surface area (Å²) in [5, 5.41) is 3.90. The number of benzene rings is 1. The normalized spacial score (nSPS) is 21.5. The predicted molar refractivity (Wildman–Crippen MR) is 84.6 cm³/mol. The fourth-order valence-electron chi connectivity index (χ4n) is 3.01. The Kier molecular flexibility index (Phi) is 4.51. The zero-order valence-electron chi connectivity index (χ0n) is 12.8. The fourth-order valence-corrected chi connectivity index (χ4v) is 3.01. The number of aromatic nitrogens is 2. The van der Waals surface area contributed by atoms with Crippen LogP contribution in [0.4, 0.5) is 0 Å². The highest BCUT2D eigenvalue weighted by Gasteiger charge is 2.22. The van der Waals surface area contributed by atoms with Crippen LogP contribution in [0.2, 0.25) is 0 Å². The van der Waals surface area contributed by atoms with E-state index in [9.17, 15) is 4.79 Å². The third kappa shape index (κ3) is 3.35. The number of carbonyl (C=O) groups is 1. The van der Waals surface area contributed by atoms with Gasteiger partial charge in [0.1, 0.15) is 6.33 Å². The molecule has 0 unspecified atom stereocenters. The molecule has 1 aliphatic rings. The van der Waals surface area contributed by atoms with Gasteiger partial charge < -0.3 is 10.1 Å². The Morgan fingerprint density at radius 1 is 1.27 bits per heavy atom. The lowest BCUT2D eigenvalue weighted by Gasteiger charge is -2.29. The van der Waals surface area contributed by atoms with Crippen molar-refractivity contribution < 1.29 is 9.53 Å². The van der Waals surface area contributed by atoms with Crippen molar-refractivity contribution in [1.82, 2.24) is 15.3 Å². The third-order valence-corrected chi connectivity index (χ3v) is 4.30. The lowest BCUT2D eigenvalue weighted by atomic mass is 9.86. The van der Waals surface area contributed by atoms with E-state index in [-0.39, 0.29) is 18.6 Å². The molecule has 0 bridgehead atoms.